The summed E-state index contributed by atoms with van der Waals surface area (Å²) in [7, 11) is 2.22. The lowest BCUT2D eigenvalue weighted by molar-refractivity contribution is 0.115. The summed E-state index contributed by atoms with van der Waals surface area (Å²) in [5, 5.41) is 13.3. The molecule has 0 unspecified atom stereocenters. The number of aromatic nitrogens is 3. The minimum atomic E-state index is -0.153. The Hall–Kier alpha value is -3.88. The van der Waals surface area contributed by atoms with E-state index in [4.69, 9.17) is 4.98 Å². The van der Waals surface area contributed by atoms with Gasteiger partial charge in [-0.05, 0) is 81.9 Å². The zero-order chi connectivity index (χ0) is 26.7. The minimum Gasteiger partial charge on any atom is -0.508 e. The largest absolute Gasteiger partial charge is 0.508 e. The van der Waals surface area contributed by atoms with Crippen LogP contribution in [0.2, 0.25) is 0 Å². The number of anilines is 1. The number of aromatic amines is 2. The van der Waals surface area contributed by atoms with Crippen molar-refractivity contribution in [2.75, 3.05) is 51.2 Å². The zero-order valence-electron chi connectivity index (χ0n) is 22.5. The van der Waals surface area contributed by atoms with Gasteiger partial charge in [-0.1, -0.05) is 6.07 Å². The van der Waals surface area contributed by atoms with E-state index in [0.717, 1.165) is 70.3 Å². The molecule has 2 saturated heterocycles. The summed E-state index contributed by atoms with van der Waals surface area (Å²) < 4.78 is 0. The molecule has 0 bridgehead atoms. The van der Waals surface area contributed by atoms with Gasteiger partial charge in [-0.15, -0.1) is 0 Å². The lowest BCUT2D eigenvalue weighted by Gasteiger charge is -2.42. The van der Waals surface area contributed by atoms with Gasteiger partial charge in [0.05, 0.1) is 16.6 Å². The Balaban J connectivity index is 1.29. The summed E-state index contributed by atoms with van der Waals surface area (Å²) in [6, 6.07) is 14.0. The molecule has 5 aromatic rings. The van der Waals surface area contributed by atoms with Crippen LogP contribution in [0.15, 0.2) is 53.5 Å². The summed E-state index contributed by atoms with van der Waals surface area (Å²) in [6.45, 7) is 8.56. The number of pyridine rings is 2. The van der Waals surface area contributed by atoms with E-state index in [2.05, 4.69) is 49.9 Å². The fraction of sp³-hybridized carbons (Fsp3) is 0.355. The number of piperidine rings is 1. The van der Waals surface area contributed by atoms with Gasteiger partial charge < -0.3 is 24.9 Å². The average Bonchev–Trinajstić information content (AvgIpc) is 3.33. The predicted octanol–water partition coefficient (Wildman–Crippen LogP) is 4.45. The molecule has 2 aliphatic rings. The molecule has 3 aromatic heterocycles. The Labute approximate surface area is 226 Å². The van der Waals surface area contributed by atoms with Gasteiger partial charge in [0.1, 0.15) is 11.4 Å². The fourth-order valence-electron chi connectivity index (χ4n) is 6.58. The van der Waals surface area contributed by atoms with Crippen molar-refractivity contribution in [3.8, 4) is 17.0 Å². The van der Waals surface area contributed by atoms with E-state index in [1.165, 1.54) is 25.9 Å². The molecule has 7 rings (SSSR count). The third-order valence-electron chi connectivity index (χ3n) is 8.79. The van der Waals surface area contributed by atoms with Gasteiger partial charge in [0.2, 0.25) is 0 Å². The van der Waals surface area contributed by atoms with Crippen LogP contribution in [0.25, 0.3) is 44.0 Å². The fourth-order valence-corrected chi connectivity index (χ4v) is 6.58. The van der Waals surface area contributed by atoms with Gasteiger partial charge in [0, 0.05) is 65.8 Å². The molecule has 8 heteroatoms. The molecule has 39 heavy (non-hydrogen) atoms. The van der Waals surface area contributed by atoms with Crippen LogP contribution in [0.1, 0.15) is 18.4 Å². The maximum Gasteiger partial charge on any atom is 0.258 e. The lowest BCUT2D eigenvalue weighted by Crippen LogP contribution is -2.53. The van der Waals surface area contributed by atoms with E-state index in [1.807, 2.05) is 13.1 Å². The average molecular weight is 523 g/mol. The molecule has 200 valence electrons. The standard InChI is InChI=1S/C31H34N6O2/c1-19-18-32-30-26(19)27-24-8-5-22(37-15-13-36(14-16-37)21-9-11-35(2)12-10-21)17-25(24)33-31(39)28(27)29(34-30)20-3-6-23(38)7-4-20/h3-8,17-18,21,38H,9-16H2,1-2H3,(H,32,34)(H,33,39). The number of phenolic OH excluding ortho intramolecular Hbond substituents is 1. The molecule has 2 aromatic carbocycles. The van der Waals surface area contributed by atoms with Crippen molar-refractivity contribution >= 4 is 38.4 Å². The van der Waals surface area contributed by atoms with Gasteiger partial charge in [-0.25, -0.2) is 4.98 Å². The van der Waals surface area contributed by atoms with Crippen molar-refractivity contribution in [1.82, 2.24) is 24.8 Å². The number of nitrogens with one attached hydrogen (secondary N) is 2. The van der Waals surface area contributed by atoms with Crippen molar-refractivity contribution in [2.45, 2.75) is 25.8 Å². The number of aromatic hydroxyl groups is 1. The highest BCUT2D eigenvalue weighted by atomic mass is 16.3. The number of hydrogen-bond acceptors (Lipinski definition) is 6. The zero-order valence-corrected chi connectivity index (χ0v) is 22.5. The van der Waals surface area contributed by atoms with Crippen LogP contribution in [0, 0.1) is 6.92 Å². The Morgan fingerprint density at radius 3 is 2.41 bits per heavy atom. The second-order valence-corrected chi connectivity index (χ2v) is 11.2. The molecule has 5 heterocycles. The highest BCUT2D eigenvalue weighted by Crippen LogP contribution is 2.37. The topological polar surface area (TPSA) is 91.5 Å². The van der Waals surface area contributed by atoms with Crippen LogP contribution in [0.4, 0.5) is 5.69 Å². The molecule has 2 aliphatic heterocycles. The third-order valence-corrected chi connectivity index (χ3v) is 8.79. The summed E-state index contributed by atoms with van der Waals surface area (Å²) >= 11 is 0. The molecule has 3 N–H and O–H groups in total. The first-order valence-corrected chi connectivity index (χ1v) is 13.9. The number of fused-ring (bicyclic) bond motifs is 5. The molecule has 0 spiro atoms. The third kappa shape index (κ3) is 4.15. The number of hydrogen-bond donors (Lipinski definition) is 3. The summed E-state index contributed by atoms with van der Waals surface area (Å²) in [6.07, 6.45) is 4.46. The first-order chi connectivity index (χ1) is 19.0. The second-order valence-electron chi connectivity index (χ2n) is 11.2. The number of benzene rings is 2. The van der Waals surface area contributed by atoms with Crippen LogP contribution in [-0.2, 0) is 0 Å². The number of H-pyrrole nitrogens is 2. The Kier molecular flexibility index (Phi) is 5.82. The van der Waals surface area contributed by atoms with Gasteiger partial charge in [-0.3, -0.25) is 9.69 Å². The predicted molar refractivity (Wildman–Crippen MR) is 158 cm³/mol. The molecule has 0 radical (unpaired) electrons. The van der Waals surface area contributed by atoms with E-state index in [9.17, 15) is 9.90 Å². The van der Waals surface area contributed by atoms with Crippen molar-refractivity contribution < 1.29 is 5.11 Å². The van der Waals surface area contributed by atoms with Gasteiger partial charge >= 0.3 is 0 Å². The molecule has 0 atom stereocenters. The maximum absolute atomic E-state index is 13.7. The number of rotatable bonds is 3. The second kappa shape index (κ2) is 9.39. The number of likely N-dealkylation sites (tertiary alicyclic amines) is 1. The van der Waals surface area contributed by atoms with Gasteiger partial charge in [0.25, 0.3) is 5.56 Å². The molecule has 2 fully saturated rings. The Morgan fingerprint density at radius 1 is 0.923 bits per heavy atom. The van der Waals surface area contributed by atoms with Crippen LogP contribution >= 0.6 is 0 Å². The van der Waals surface area contributed by atoms with E-state index >= 15 is 0 Å². The van der Waals surface area contributed by atoms with Crippen LogP contribution in [0.5, 0.6) is 5.75 Å². The van der Waals surface area contributed by atoms with Crippen LogP contribution < -0.4 is 10.5 Å². The molecule has 0 aliphatic carbocycles. The summed E-state index contributed by atoms with van der Waals surface area (Å²) in [5.74, 6) is 0.180. The number of phenols is 1. The molecular weight excluding hydrogens is 488 g/mol. The molecule has 0 amide bonds. The van der Waals surface area contributed by atoms with Crippen LogP contribution in [-0.4, -0.2) is 82.2 Å². The van der Waals surface area contributed by atoms with Gasteiger partial charge in [-0.2, -0.15) is 0 Å². The molecule has 0 saturated carbocycles. The first-order valence-electron chi connectivity index (χ1n) is 13.9. The first kappa shape index (κ1) is 24.2. The Bertz CT molecular complexity index is 1740. The van der Waals surface area contributed by atoms with E-state index in [-0.39, 0.29) is 11.3 Å². The Morgan fingerprint density at radius 2 is 1.67 bits per heavy atom. The van der Waals surface area contributed by atoms with Gasteiger partial charge in [0.15, 0.2) is 0 Å². The van der Waals surface area contributed by atoms with Crippen molar-refractivity contribution in [3.63, 3.8) is 0 Å². The smallest absolute Gasteiger partial charge is 0.258 e. The highest BCUT2D eigenvalue weighted by molar-refractivity contribution is 6.22. The minimum absolute atomic E-state index is 0.153. The van der Waals surface area contributed by atoms with E-state index < -0.39 is 0 Å². The highest BCUT2D eigenvalue weighted by Gasteiger charge is 2.27. The van der Waals surface area contributed by atoms with Crippen molar-refractivity contribution in [3.05, 3.63) is 64.6 Å². The van der Waals surface area contributed by atoms with Crippen molar-refractivity contribution in [1.29, 1.82) is 0 Å². The van der Waals surface area contributed by atoms with E-state index in [1.54, 1.807) is 24.3 Å². The number of aryl methyl sites for hydroxylation is 1. The number of nitrogens with zero attached hydrogens (tertiary/aromatic N) is 4. The summed E-state index contributed by atoms with van der Waals surface area (Å²) in [4.78, 5) is 32.6. The number of piperazine rings is 1. The summed E-state index contributed by atoms with van der Waals surface area (Å²) in [5.41, 5.74) is 5.04. The van der Waals surface area contributed by atoms with Crippen molar-refractivity contribution in [2.24, 2.45) is 0 Å². The van der Waals surface area contributed by atoms with E-state index in [0.29, 0.717) is 17.1 Å². The lowest BCUT2D eigenvalue weighted by atomic mass is 9.98. The molecular formula is C31H34N6O2. The SMILES string of the molecule is Cc1c[nH]c2nc(-c3ccc(O)cc3)c3c(=O)[nH]c4cc(N5CCN(C6CCN(C)CC6)CC5)ccc4c3c12. The van der Waals surface area contributed by atoms with Crippen LogP contribution in [0.3, 0.4) is 0 Å². The monoisotopic (exact) mass is 522 g/mol. The molecule has 8 nitrogen and oxygen atoms in total. The normalized spacial score (nSPS) is 18.1. The quantitative estimate of drug-likeness (QED) is 0.303. The maximum atomic E-state index is 13.7.